The van der Waals surface area contributed by atoms with Crippen LogP contribution in [-0.4, -0.2) is 57.0 Å². The molecule has 0 unspecified atom stereocenters. The van der Waals surface area contributed by atoms with Crippen LogP contribution in [0.15, 0.2) is 0 Å². The Kier molecular flexibility index (Phi) is 8.65. The summed E-state index contributed by atoms with van der Waals surface area (Å²) in [6.07, 6.45) is -0.740. The number of hydrogen-bond acceptors (Lipinski definition) is 10. The molecular formula is C11H18N2O8. The molecule has 10 nitrogen and oxygen atoms in total. The Labute approximate surface area is 120 Å². The van der Waals surface area contributed by atoms with Gasteiger partial charge in [-0.1, -0.05) is 0 Å². The topological polar surface area (TPSA) is 157 Å². The van der Waals surface area contributed by atoms with Crippen molar-refractivity contribution in [1.82, 2.24) is 0 Å². The summed E-state index contributed by atoms with van der Waals surface area (Å²) in [5, 5.41) is 0. The monoisotopic (exact) mass is 306 g/mol. The molecule has 0 heterocycles. The van der Waals surface area contributed by atoms with Crippen molar-refractivity contribution in [3.8, 4) is 0 Å². The lowest BCUT2D eigenvalue weighted by molar-refractivity contribution is -0.171. The van der Waals surface area contributed by atoms with Crippen LogP contribution in [0.4, 0.5) is 0 Å². The minimum absolute atomic E-state index is 0.370. The Morgan fingerprint density at radius 3 is 1.43 bits per heavy atom. The van der Waals surface area contributed by atoms with Crippen LogP contribution in [0, 0.1) is 0 Å². The van der Waals surface area contributed by atoms with Gasteiger partial charge in [-0.3, -0.25) is 19.2 Å². The Balaban J connectivity index is 4.02. The van der Waals surface area contributed by atoms with Crippen LogP contribution in [0.25, 0.3) is 0 Å². The molecule has 0 aromatic heterocycles. The first-order chi connectivity index (χ1) is 9.81. The highest BCUT2D eigenvalue weighted by Gasteiger charge is 2.22. The Morgan fingerprint density at radius 2 is 1.14 bits per heavy atom. The highest BCUT2D eigenvalue weighted by molar-refractivity contribution is 5.83. The molecule has 0 rings (SSSR count). The largest absolute Gasteiger partial charge is 0.469 e. The fourth-order valence-electron chi connectivity index (χ4n) is 1.05. The van der Waals surface area contributed by atoms with Crippen LogP contribution < -0.4 is 11.5 Å². The van der Waals surface area contributed by atoms with Crippen molar-refractivity contribution in [3.05, 3.63) is 0 Å². The molecule has 0 saturated carbocycles. The van der Waals surface area contributed by atoms with Gasteiger partial charge in [0.05, 0.1) is 27.1 Å². The molecule has 4 N–H and O–H groups in total. The Bertz CT molecular complexity index is 362. The van der Waals surface area contributed by atoms with E-state index in [0.29, 0.717) is 0 Å². The van der Waals surface area contributed by atoms with Gasteiger partial charge in [0, 0.05) is 0 Å². The first-order valence-corrected chi connectivity index (χ1v) is 5.79. The van der Waals surface area contributed by atoms with Gasteiger partial charge in [0.25, 0.3) is 0 Å². The number of ether oxygens (including phenoxy) is 4. The van der Waals surface area contributed by atoms with E-state index in [1.807, 2.05) is 0 Å². The van der Waals surface area contributed by atoms with Crippen LogP contribution in [0.2, 0.25) is 0 Å². The second kappa shape index (κ2) is 9.66. The van der Waals surface area contributed by atoms with Gasteiger partial charge in [0.15, 0.2) is 0 Å². The highest BCUT2D eigenvalue weighted by atomic mass is 16.7. The molecule has 0 amide bonds. The van der Waals surface area contributed by atoms with E-state index >= 15 is 0 Å². The number of hydrogen-bond donors (Lipinski definition) is 2. The lowest BCUT2D eigenvalue weighted by atomic mass is 10.2. The van der Waals surface area contributed by atoms with Gasteiger partial charge < -0.3 is 30.4 Å². The number of esters is 4. The van der Waals surface area contributed by atoms with E-state index < -0.39 is 42.8 Å². The molecule has 0 aromatic rings. The van der Waals surface area contributed by atoms with E-state index in [1.165, 1.54) is 0 Å². The van der Waals surface area contributed by atoms with Crippen molar-refractivity contribution in [2.45, 2.75) is 24.9 Å². The van der Waals surface area contributed by atoms with Crippen LogP contribution in [0.3, 0.4) is 0 Å². The van der Waals surface area contributed by atoms with Gasteiger partial charge in [-0.2, -0.15) is 0 Å². The minimum Gasteiger partial charge on any atom is -0.469 e. The predicted molar refractivity (Wildman–Crippen MR) is 66.3 cm³/mol. The Hall–Kier alpha value is -2.20. The van der Waals surface area contributed by atoms with Gasteiger partial charge in [-0.25, -0.2) is 0 Å². The summed E-state index contributed by atoms with van der Waals surface area (Å²) in [7, 11) is 2.29. The standard InChI is InChI=1S/C11H18N2O8/c1-18-8(14)3-6(12)10(16)20-5-21-11(17)7(13)4-9(15)19-2/h6-7H,3-5,12-13H2,1-2H3/t6-,7-/m0/s1. The Morgan fingerprint density at radius 1 is 0.810 bits per heavy atom. The lowest BCUT2D eigenvalue weighted by Crippen LogP contribution is -2.37. The second-order valence-electron chi connectivity index (χ2n) is 3.82. The molecule has 0 aromatic carbocycles. The normalized spacial score (nSPS) is 12.8. The second-order valence-corrected chi connectivity index (χ2v) is 3.82. The molecule has 0 saturated heterocycles. The summed E-state index contributed by atoms with van der Waals surface area (Å²) in [6.45, 7) is -0.735. The van der Waals surface area contributed by atoms with Crippen molar-refractivity contribution in [3.63, 3.8) is 0 Å². The zero-order valence-electron chi connectivity index (χ0n) is 11.7. The quantitative estimate of drug-likeness (QED) is 0.286. The smallest absolute Gasteiger partial charge is 0.326 e. The van der Waals surface area contributed by atoms with Gasteiger partial charge in [0.1, 0.15) is 12.1 Å². The molecular weight excluding hydrogens is 288 g/mol. The van der Waals surface area contributed by atoms with Gasteiger partial charge in [0.2, 0.25) is 6.79 Å². The molecule has 120 valence electrons. The summed E-state index contributed by atoms with van der Waals surface area (Å²) in [5.74, 6) is -3.27. The van der Waals surface area contributed by atoms with E-state index in [2.05, 4.69) is 18.9 Å². The van der Waals surface area contributed by atoms with Crippen LogP contribution in [0.1, 0.15) is 12.8 Å². The number of carbonyl (C=O) groups excluding carboxylic acids is 4. The summed E-state index contributed by atoms with van der Waals surface area (Å²) in [6, 6.07) is -2.47. The zero-order valence-corrected chi connectivity index (χ0v) is 11.7. The van der Waals surface area contributed by atoms with Crippen LogP contribution >= 0.6 is 0 Å². The zero-order chi connectivity index (χ0) is 16.4. The predicted octanol–water partition coefficient (Wildman–Crippen LogP) is -2.19. The third kappa shape index (κ3) is 7.84. The van der Waals surface area contributed by atoms with E-state index in [-0.39, 0.29) is 12.8 Å². The van der Waals surface area contributed by atoms with Crippen LogP contribution in [-0.2, 0) is 38.1 Å². The molecule has 0 radical (unpaired) electrons. The molecule has 0 fully saturated rings. The van der Waals surface area contributed by atoms with Crippen molar-refractivity contribution in [2.24, 2.45) is 11.5 Å². The molecule has 0 aliphatic carbocycles. The third-order valence-electron chi connectivity index (χ3n) is 2.24. The maximum absolute atomic E-state index is 11.3. The third-order valence-corrected chi connectivity index (χ3v) is 2.24. The fraction of sp³-hybridized carbons (Fsp3) is 0.636. The van der Waals surface area contributed by atoms with E-state index in [9.17, 15) is 19.2 Å². The SMILES string of the molecule is COC(=O)C[C@H](N)C(=O)OCOC(=O)[C@@H](N)CC(=O)OC. The lowest BCUT2D eigenvalue weighted by Gasteiger charge is -2.12. The minimum atomic E-state index is -1.24. The molecule has 2 atom stereocenters. The summed E-state index contributed by atoms with van der Waals surface area (Å²) < 4.78 is 17.7. The molecule has 0 bridgehead atoms. The average molecular weight is 306 g/mol. The molecule has 0 aliphatic rings. The number of carbonyl (C=O) groups is 4. The number of rotatable bonds is 8. The molecule has 10 heteroatoms. The summed E-state index contributed by atoms with van der Waals surface area (Å²) in [4.78, 5) is 44.4. The van der Waals surface area contributed by atoms with E-state index in [0.717, 1.165) is 14.2 Å². The number of nitrogens with two attached hydrogens (primary N) is 2. The summed E-state index contributed by atoms with van der Waals surface area (Å²) >= 11 is 0. The maximum atomic E-state index is 11.3. The first kappa shape index (κ1) is 18.8. The van der Waals surface area contributed by atoms with E-state index in [1.54, 1.807) is 0 Å². The first-order valence-electron chi connectivity index (χ1n) is 5.79. The maximum Gasteiger partial charge on any atom is 0.326 e. The van der Waals surface area contributed by atoms with Gasteiger partial charge in [-0.15, -0.1) is 0 Å². The number of methoxy groups -OCH3 is 2. The molecule has 0 spiro atoms. The molecule has 0 aliphatic heterocycles. The molecule has 21 heavy (non-hydrogen) atoms. The van der Waals surface area contributed by atoms with Crippen molar-refractivity contribution >= 4 is 23.9 Å². The van der Waals surface area contributed by atoms with Crippen LogP contribution in [0.5, 0.6) is 0 Å². The van der Waals surface area contributed by atoms with Crippen molar-refractivity contribution in [1.29, 1.82) is 0 Å². The van der Waals surface area contributed by atoms with Crippen molar-refractivity contribution < 1.29 is 38.1 Å². The summed E-state index contributed by atoms with van der Waals surface area (Å²) in [5.41, 5.74) is 10.7. The van der Waals surface area contributed by atoms with Gasteiger partial charge >= 0.3 is 23.9 Å². The fourth-order valence-corrected chi connectivity index (χ4v) is 1.05. The van der Waals surface area contributed by atoms with Crippen molar-refractivity contribution in [2.75, 3.05) is 21.0 Å². The van der Waals surface area contributed by atoms with E-state index in [4.69, 9.17) is 11.5 Å². The average Bonchev–Trinajstić information content (AvgIpc) is 2.46. The van der Waals surface area contributed by atoms with Gasteiger partial charge in [-0.05, 0) is 0 Å². The highest BCUT2D eigenvalue weighted by Crippen LogP contribution is 1.98.